The van der Waals surface area contributed by atoms with Crippen molar-refractivity contribution >= 4 is 28.6 Å². The van der Waals surface area contributed by atoms with Gasteiger partial charge in [-0.1, -0.05) is 0 Å². The summed E-state index contributed by atoms with van der Waals surface area (Å²) in [5.74, 6) is 0.202. The van der Waals surface area contributed by atoms with Crippen LogP contribution in [0.1, 0.15) is 36.5 Å². The van der Waals surface area contributed by atoms with Gasteiger partial charge in [0.25, 0.3) is 5.91 Å². The molecule has 2 aromatic rings. The van der Waals surface area contributed by atoms with E-state index in [1.807, 2.05) is 6.92 Å². The lowest BCUT2D eigenvalue weighted by atomic mass is 10.1. The summed E-state index contributed by atoms with van der Waals surface area (Å²) >= 11 is 0. The van der Waals surface area contributed by atoms with E-state index in [1.54, 1.807) is 21.6 Å². The molecule has 0 aliphatic carbocycles. The zero-order valence-electron chi connectivity index (χ0n) is 17.9. The molecule has 0 spiro atoms. The van der Waals surface area contributed by atoms with Crippen molar-refractivity contribution in [2.45, 2.75) is 32.7 Å². The lowest BCUT2D eigenvalue weighted by Crippen LogP contribution is -2.39. The fraction of sp³-hybridized carbons (Fsp3) is 0.455. The molecule has 1 saturated heterocycles. The van der Waals surface area contributed by atoms with Gasteiger partial charge in [0.1, 0.15) is 5.56 Å². The summed E-state index contributed by atoms with van der Waals surface area (Å²) in [6, 6.07) is 3.31. The van der Waals surface area contributed by atoms with Gasteiger partial charge < -0.3 is 29.6 Å². The van der Waals surface area contributed by atoms with Gasteiger partial charge in [-0.3, -0.25) is 19.2 Å². The van der Waals surface area contributed by atoms with Gasteiger partial charge in [-0.2, -0.15) is 0 Å². The standard InChI is InChI=1S/C22H26N4O6/c1-2-25-12-15(21(29)14-9-17-18(10-16(14)25)32-13-31-17)22(30)24-11-19(27)23-6-4-8-26-7-3-5-20(26)28/h9-10,12H,2-8,11,13H2,1H3,(H,23,27)(H,24,30). The van der Waals surface area contributed by atoms with Crippen molar-refractivity contribution in [2.24, 2.45) is 0 Å². The molecule has 0 unspecified atom stereocenters. The quantitative estimate of drug-likeness (QED) is 0.578. The molecule has 10 nitrogen and oxygen atoms in total. The fourth-order valence-electron chi connectivity index (χ4n) is 3.96. The van der Waals surface area contributed by atoms with Gasteiger partial charge in [-0.05, 0) is 25.8 Å². The average molecular weight is 442 g/mol. The summed E-state index contributed by atoms with van der Waals surface area (Å²) in [6.45, 7) is 4.07. The van der Waals surface area contributed by atoms with Crippen LogP contribution in [0.2, 0.25) is 0 Å². The van der Waals surface area contributed by atoms with Crippen molar-refractivity contribution in [1.29, 1.82) is 0 Å². The maximum Gasteiger partial charge on any atom is 0.257 e. The highest BCUT2D eigenvalue weighted by molar-refractivity contribution is 5.99. The number of aromatic nitrogens is 1. The minimum atomic E-state index is -0.616. The van der Waals surface area contributed by atoms with Gasteiger partial charge in [0.2, 0.25) is 24.0 Å². The normalized spacial score (nSPS) is 14.8. The number of likely N-dealkylation sites (tertiary alicyclic amines) is 1. The topological polar surface area (TPSA) is 119 Å². The van der Waals surface area contributed by atoms with Crippen molar-refractivity contribution in [3.63, 3.8) is 0 Å². The molecule has 32 heavy (non-hydrogen) atoms. The lowest BCUT2D eigenvalue weighted by Gasteiger charge is -2.15. The van der Waals surface area contributed by atoms with E-state index in [2.05, 4.69) is 10.6 Å². The van der Waals surface area contributed by atoms with E-state index in [0.717, 1.165) is 13.0 Å². The number of carbonyl (C=O) groups excluding carboxylic acids is 3. The molecule has 10 heteroatoms. The van der Waals surface area contributed by atoms with Crippen molar-refractivity contribution in [2.75, 3.05) is 33.0 Å². The molecule has 0 bridgehead atoms. The first-order chi connectivity index (χ1) is 15.5. The van der Waals surface area contributed by atoms with Crippen molar-refractivity contribution in [3.05, 3.63) is 34.1 Å². The van der Waals surface area contributed by atoms with Gasteiger partial charge in [0.15, 0.2) is 11.5 Å². The zero-order valence-corrected chi connectivity index (χ0v) is 17.9. The maximum atomic E-state index is 12.9. The van der Waals surface area contributed by atoms with Crippen molar-refractivity contribution < 1.29 is 23.9 Å². The highest BCUT2D eigenvalue weighted by atomic mass is 16.7. The number of ether oxygens (including phenoxy) is 2. The first-order valence-electron chi connectivity index (χ1n) is 10.8. The van der Waals surface area contributed by atoms with Gasteiger partial charge in [-0.25, -0.2) is 0 Å². The van der Waals surface area contributed by atoms with Crippen molar-refractivity contribution in [3.8, 4) is 11.5 Å². The Bertz CT molecular complexity index is 1130. The number of aryl methyl sites for hydroxylation is 1. The van der Waals surface area contributed by atoms with E-state index in [-0.39, 0.29) is 30.7 Å². The Morgan fingerprint density at radius 2 is 1.91 bits per heavy atom. The predicted octanol–water partition coefficient (Wildman–Crippen LogP) is 0.609. The molecule has 3 heterocycles. The Kier molecular flexibility index (Phi) is 6.29. The number of nitrogens with one attached hydrogen (secondary N) is 2. The summed E-state index contributed by atoms with van der Waals surface area (Å²) in [5, 5.41) is 5.58. The van der Waals surface area contributed by atoms with Crippen LogP contribution in [0, 0.1) is 0 Å². The van der Waals surface area contributed by atoms with Crippen LogP contribution in [-0.2, 0) is 16.1 Å². The molecule has 2 N–H and O–H groups in total. The van der Waals surface area contributed by atoms with E-state index in [1.165, 1.54) is 6.20 Å². The Balaban J connectivity index is 1.36. The Labute approximate surface area is 184 Å². The molecule has 3 amide bonds. The number of nitrogens with zero attached hydrogens (tertiary/aromatic N) is 2. The molecular weight excluding hydrogens is 416 g/mol. The van der Waals surface area contributed by atoms with Gasteiger partial charge in [0, 0.05) is 44.9 Å². The Hall–Kier alpha value is -3.56. The first kappa shape index (κ1) is 21.7. The van der Waals surface area contributed by atoms with E-state index < -0.39 is 11.3 Å². The van der Waals surface area contributed by atoms with E-state index in [0.29, 0.717) is 54.9 Å². The molecule has 170 valence electrons. The van der Waals surface area contributed by atoms with Crippen molar-refractivity contribution in [1.82, 2.24) is 20.1 Å². The highest BCUT2D eigenvalue weighted by Crippen LogP contribution is 2.35. The molecule has 1 aromatic heterocycles. The smallest absolute Gasteiger partial charge is 0.257 e. The number of hydrogen-bond acceptors (Lipinski definition) is 6. The SMILES string of the molecule is CCn1cc(C(=O)NCC(=O)NCCCN2CCCC2=O)c(=O)c2cc3c(cc21)OCO3. The second-order valence-corrected chi connectivity index (χ2v) is 7.75. The van der Waals surface area contributed by atoms with Crippen LogP contribution in [-0.4, -0.2) is 60.2 Å². The Morgan fingerprint density at radius 1 is 1.12 bits per heavy atom. The second kappa shape index (κ2) is 9.29. The summed E-state index contributed by atoms with van der Waals surface area (Å²) < 4.78 is 12.5. The summed E-state index contributed by atoms with van der Waals surface area (Å²) in [5.41, 5.74) is 0.169. The van der Waals surface area contributed by atoms with E-state index in [9.17, 15) is 19.2 Å². The molecule has 0 radical (unpaired) electrons. The van der Waals surface area contributed by atoms with E-state index >= 15 is 0 Å². The number of rotatable bonds is 8. The first-order valence-corrected chi connectivity index (χ1v) is 10.8. The predicted molar refractivity (Wildman–Crippen MR) is 116 cm³/mol. The van der Waals surface area contributed by atoms with Crippen LogP contribution in [0.3, 0.4) is 0 Å². The largest absolute Gasteiger partial charge is 0.454 e. The Morgan fingerprint density at radius 3 is 2.62 bits per heavy atom. The number of benzene rings is 1. The highest BCUT2D eigenvalue weighted by Gasteiger charge is 2.21. The van der Waals surface area contributed by atoms with Crippen LogP contribution in [0.15, 0.2) is 23.1 Å². The molecule has 0 saturated carbocycles. The minimum Gasteiger partial charge on any atom is -0.454 e. The van der Waals surface area contributed by atoms with Crippen LogP contribution in [0.25, 0.3) is 10.9 Å². The maximum absolute atomic E-state index is 12.9. The second-order valence-electron chi connectivity index (χ2n) is 7.75. The van der Waals surface area contributed by atoms with E-state index in [4.69, 9.17) is 9.47 Å². The number of pyridine rings is 1. The molecular formula is C22H26N4O6. The van der Waals surface area contributed by atoms with Crippen LogP contribution >= 0.6 is 0 Å². The average Bonchev–Trinajstić information content (AvgIpc) is 3.42. The van der Waals surface area contributed by atoms with Crippen LogP contribution in [0.4, 0.5) is 0 Å². The third kappa shape index (κ3) is 4.39. The summed E-state index contributed by atoms with van der Waals surface area (Å²) in [6.07, 6.45) is 3.62. The molecule has 4 rings (SSSR count). The third-order valence-electron chi connectivity index (χ3n) is 5.67. The van der Waals surface area contributed by atoms with Gasteiger partial charge >= 0.3 is 0 Å². The van der Waals surface area contributed by atoms with Gasteiger partial charge in [-0.15, -0.1) is 0 Å². The minimum absolute atomic E-state index is 0.0430. The molecule has 1 aromatic carbocycles. The van der Waals surface area contributed by atoms with Crippen LogP contribution < -0.4 is 25.5 Å². The number of hydrogen-bond donors (Lipinski definition) is 2. The monoisotopic (exact) mass is 442 g/mol. The molecule has 1 fully saturated rings. The number of amides is 3. The molecule has 2 aliphatic rings. The van der Waals surface area contributed by atoms with Gasteiger partial charge in [0.05, 0.1) is 17.4 Å². The zero-order chi connectivity index (χ0) is 22.7. The summed E-state index contributed by atoms with van der Waals surface area (Å²) in [4.78, 5) is 51.0. The number of fused-ring (bicyclic) bond motifs is 2. The fourth-order valence-corrected chi connectivity index (χ4v) is 3.96. The lowest BCUT2D eigenvalue weighted by molar-refractivity contribution is -0.127. The van der Waals surface area contributed by atoms with Crippen LogP contribution in [0.5, 0.6) is 11.5 Å². The number of carbonyl (C=O) groups is 3. The molecule has 0 atom stereocenters. The summed E-state index contributed by atoms with van der Waals surface area (Å²) in [7, 11) is 0. The third-order valence-corrected chi connectivity index (χ3v) is 5.67. The molecule has 2 aliphatic heterocycles.